The van der Waals surface area contributed by atoms with Crippen molar-refractivity contribution in [3.63, 3.8) is 0 Å². The summed E-state index contributed by atoms with van der Waals surface area (Å²) in [6.07, 6.45) is 3.03. The predicted octanol–water partition coefficient (Wildman–Crippen LogP) is 1.78. The first-order valence-electron chi connectivity index (χ1n) is 6.87. The lowest BCUT2D eigenvalue weighted by molar-refractivity contribution is -0.125. The number of amides is 1. The minimum absolute atomic E-state index is 0.0164. The monoisotopic (exact) mass is 281 g/mol. The molecule has 1 fully saturated rings. The average Bonchev–Trinajstić information content (AvgIpc) is 2.76. The highest BCUT2D eigenvalue weighted by molar-refractivity contribution is 7.10. The molecular weight excluding hydrogens is 258 g/mol. The van der Waals surface area contributed by atoms with Gasteiger partial charge < -0.3 is 11.5 Å². The van der Waals surface area contributed by atoms with Crippen molar-refractivity contribution in [1.29, 1.82) is 0 Å². The van der Waals surface area contributed by atoms with Crippen molar-refractivity contribution in [1.82, 2.24) is 4.90 Å². The van der Waals surface area contributed by atoms with Crippen LogP contribution in [0.15, 0.2) is 11.4 Å². The van der Waals surface area contributed by atoms with Gasteiger partial charge in [-0.3, -0.25) is 9.69 Å². The van der Waals surface area contributed by atoms with Crippen LogP contribution in [0.25, 0.3) is 0 Å². The van der Waals surface area contributed by atoms with E-state index in [-0.39, 0.29) is 24.0 Å². The number of piperidine rings is 1. The van der Waals surface area contributed by atoms with E-state index in [0.29, 0.717) is 0 Å². The molecule has 4 N–H and O–H groups in total. The van der Waals surface area contributed by atoms with E-state index in [9.17, 15) is 4.79 Å². The number of carbonyl (C=O) groups excluding carboxylic acids is 1. The third-order valence-corrected chi connectivity index (χ3v) is 4.99. The maximum absolute atomic E-state index is 11.7. The molecule has 106 valence electrons. The summed E-state index contributed by atoms with van der Waals surface area (Å²) >= 11 is 1.72. The van der Waals surface area contributed by atoms with Crippen molar-refractivity contribution in [3.8, 4) is 0 Å². The Morgan fingerprint density at radius 3 is 2.79 bits per heavy atom. The van der Waals surface area contributed by atoms with Crippen molar-refractivity contribution in [2.24, 2.45) is 11.5 Å². The third kappa shape index (κ3) is 2.99. The van der Waals surface area contributed by atoms with Gasteiger partial charge in [0.05, 0.1) is 12.1 Å². The first kappa shape index (κ1) is 14.5. The van der Waals surface area contributed by atoms with Crippen molar-refractivity contribution in [2.75, 3.05) is 6.54 Å². The van der Waals surface area contributed by atoms with Crippen LogP contribution in [-0.4, -0.2) is 29.4 Å². The number of nitrogens with zero attached hydrogens (tertiary/aromatic N) is 1. The Balaban J connectivity index is 2.32. The van der Waals surface area contributed by atoms with E-state index in [2.05, 4.69) is 23.3 Å². The van der Waals surface area contributed by atoms with E-state index >= 15 is 0 Å². The molecule has 3 atom stereocenters. The van der Waals surface area contributed by atoms with Gasteiger partial charge in [-0.05, 0) is 50.2 Å². The van der Waals surface area contributed by atoms with Crippen LogP contribution in [0.2, 0.25) is 0 Å². The van der Waals surface area contributed by atoms with Crippen molar-refractivity contribution in [2.45, 2.75) is 51.2 Å². The molecule has 0 aliphatic carbocycles. The second-order valence-electron chi connectivity index (χ2n) is 5.42. The molecule has 1 aromatic rings. The highest BCUT2D eigenvalue weighted by Crippen LogP contribution is 2.35. The average molecular weight is 281 g/mol. The molecule has 5 heteroatoms. The standard InChI is InChI=1S/C14H23N3OS/c1-9-6-8-19-13(9)12(10(2)15)17-7-4-3-5-11(17)14(16)18/h6,8,10-12H,3-5,7,15H2,1-2H3,(H2,16,18). The molecular formula is C14H23N3OS. The molecule has 0 saturated carbocycles. The van der Waals surface area contributed by atoms with Gasteiger partial charge in [-0.25, -0.2) is 0 Å². The molecule has 4 nitrogen and oxygen atoms in total. The Kier molecular flexibility index (Phi) is 4.60. The molecule has 1 amide bonds. The van der Waals surface area contributed by atoms with Gasteiger partial charge in [0.15, 0.2) is 0 Å². The molecule has 0 bridgehead atoms. The lowest BCUT2D eigenvalue weighted by Crippen LogP contribution is -2.52. The van der Waals surface area contributed by atoms with Crippen LogP contribution < -0.4 is 11.5 Å². The van der Waals surface area contributed by atoms with Crippen LogP contribution in [-0.2, 0) is 4.79 Å². The Morgan fingerprint density at radius 1 is 1.53 bits per heavy atom. The van der Waals surface area contributed by atoms with E-state index in [1.807, 2.05) is 6.92 Å². The van der Waals surface area contributed by atoms with E-state index < -0.39 is 0 Å². The molecule has 0 aromatic carbocycles. The molecule has 1 aromatic heterocycles. The summed E-state index contributed by atoms with van der Waals surface area (Å²) in [4.78, 5) is 15.2. The number of hydrogen-bond acceptors (Lipinski definition) is 4. The maximum atomic E-state index is 11.7. The number of nitrogens with two attached hydrogens (primary N) is 2. The SMILES string of the molecule is Cc1ccsc1C(C(C)N)N1CCCCC1C(N)=O. The molecule has 3 unspecified atom stereocenters. The normalized spacial score (nSPS) is 24.1. The summed E-state index contributed by atoms with van der Waals surface area (Å²) in [5.41, 5.74) is 13.0. The Labute approximate surface area is 118 Å². The van der Waals surface area contributed by atoms with Gasteiger partial charge in [0, 0.05) is 10.9 Å². The fourth-order valence-corrected chi connectivity index (χ4v) is 4.13. The van der Waals surface area contributed by atoms with Crippen LogP contribution >= 0.6 is 11.3 Å². The molecule has 1 saturated heterocycles. The zero-order valence-electron chi connectivity index (χ0n) is 11.6. The Bertz CT molecular complexity index is 444. The number of carbonyl (C=O) groups is 1. The van der Waals surface area contributed by atoms with Crippen LogP contribution in [0.3, 0.4) is 0 Å². The summed E-state index contributed by atoms with van der Waals surface area (Å²) in [5, 5.41) is 2.09. The number of primary amides is 1. The summed E-state index contributed by atoms with van der Waals surface area (Å²) < 4.78 is 0. The summed E-state index contributed by atoms with van der Waals surface area (Å²) in [6, 6.07) is 2.01. The zero-order chi connectivity index (χ0) is 14.0. The predicted molar refractivity (Wildman–Crippen MR) is 79.0 cm³/mol. The smallest absolute Gasteiger partial charge is 0.234 e. The quantitative estimate of drug-likeness (QED) is 0.883. The van der Waals surface area contributed by atoms with Gasteiger partial charge in [-0.1, -0.05) is 6.42 Å². The van der Waals surface area contributed by atoms with Gasteiger partial charge in [0.25, 0.3) is 0 Å². The van der Waals surface area contributed by atoms with E-state index in [1.165, 1.54) is 10.4 Å². The maximum Gasteiger partial charge on any atom is 0.234 e. The molecule has 1 aliphatic rings. The van der Waals surface area contributed by atoms with Crippen molar-refractivity contribution in [3.05, 3.63) is 21.9 Å². The topological polar surface area (TPSA) is 72.3 Å². The fourth-order valence-electron chi connectivity index (χ4n) is 2.97. The Morgan fingerprint density at radius 2 is 2.26 bits per heavy atom. The van der Waals surface area contributed by atoms with Crippen LogP contribution in [0, 0.1) is 6.92 Å². The second-order valence-corrected chi connectivity index (χ2v) is 6.37. The van der Waals surface area contributed by atoms with Gasteiger partial charge >= 0.3 is 0 Å². The number of hydrogen-bond donors (Lipinski definition) is 2. The highest BCUT2D eigenvalue weighted by atomic mass is 32.1. The lowest BCUT2D eigenvalue weighted by atomic mass is 9.95. The van der Waals surface area contributed by atoms with Crippen LogP contribution in [0.4, 0.5) is 0 Å². The first-order valence-corrected chi connectivity index (χ1v) is 7.75. The minimum Gasteiger partial charge on any atom is -0.368 e. The lowest BCUT2D eigenvalue weighted by Gasteiger charge is -2.41. The summed E-state index contributed by atoms with van der Waals surface area (Å²) in [7, 11) is 0. The zero-order valence-corrected chi connectivity index (χ0v) is 12.5. The molecule has 0 spiro atoms. The summed E-state index contributed by atoms with van der Waals surface area (Å²) in [6.45, 7) is 5.01. The van der Waals surface area contributed by atoms with Gasteiger partial charge in [-0.2, -0.15) is 0 Å². The number of rotatable bonds is 4. The largest absolute Gasteiger partial charge is 0.368 e. The van der Waals surface area contributed by atoms with E-state index in [0.717, 1.165) is 25.8 Å². The Hall–Kier alpha value is -0.910. The molecule has 19 heavy (non-hydrogen) atoms. The number of thiophene rings is 1. The van der Waals surface area contributed by atoms with Crippen LogP contribution in [0.5, 0.6) is 0 Å². The number of likely N-dealkylation sites (tertiary alicyclic amines) is 1. The van der Waals surface area contributed by atoms with Crippen molar-refractivity contribution >= 4 is 17.2 Å². The van der Waals surface area contributed by atoms with Gasteiger partial charge in [0.2, 0.25) is 5.91 Å². The summed E-state index contributed by atoms with van der Waals surface area (Å²) in [5.74, 6) is -0.223. The molecule has 0 radical (unpaired) electrons. The molecule has 2 rings (SSSR count). The van der Waals surface area contributed by atoms with Crippen LogP contribution in [0.1, 0.15) is 42.7 Å². The highest BCUT2D eigenvalue weighted by Gasteiger charge is 2.35. The van der Waals surface area contributed by atoms with E-state index in [4.69, 9.17) is 11.5 Å². The second kappa shape index (κ2) is 6.03. The van der Waals surface area contributed by atoms with E-state index in [1.54, 1.807) is 11.3 Å². The van der Waals surface area contributed by atoms with Gasteiger partial charge in [-0.15, -0.1) is 11.3 Å². The minimum atomic E-state index is -0.223. The van der Waals surface area contributed by atoms with Gasteiger partial charge in [0.1, 0.15) is 0 Å². The third-order valence-electron chi connectivity index (χ3n) is 3.90. The first-order chi connectivity index (χ1) is 9.02. The molecule has 1 aliphatic heterocycles. The van der Waals surface area contributed by atoms with Crippen molar-refractivity contribution < 1.29 is 4.79 Å². The molecule has 2 heterocycles. The fraction of sp³-hybridized carbons (Fsp3) is 0.643. The number of aryl methyl sites for hydroxylation is 1.